The zero-order chi connectivity index (χ0) is 27.4. The first-order valence-electron chi connectivity index (χ1n) is 12.9. The smallest absolute Gasteiger partial charge is 0.297 e. The summed E-state index contributed by atoms with van der Waals surface area (Å²) in [7, 11) is -3.79. The van der Waals surface area contributed by atoms with E-state index in [4.69, 9.17) is 18.4 Å². The van der Waals surface area contributed by atoms with Gasteiger partial charge in [-0.05, 0) is 35.7 Å². The lowest BCUT2D eigenvalue weighted by atomic mass is 9.80. The standard InChI is InChI=1S/C32H34O6S/c1-27-17-19-31(20-18-27)39(33,34)38-26-24-36-22-21-35-23-25-37-32(28-11-5-2-6-12-28,29-13-7-3-8-14-29)30-15-9-4-10-16-30/h2-20H,21-26H2,1H3. The first kappa shape index (κ1) is 28.7. The van der Waals surface area contributed by atoms with Gasteiger partial charge >= 0.3 is 0 Å². The number of benzene rings is 4. The zero-order valence-electron chi connectivity index (χ0n) is 22.1. The lowest BCUT2D eigenvalue weighted by molar-refractivity contribution is -0.0344. The van der Waals surface area contributed by atoms with Gasteiger partial charge in [-0.1, -0.05) is 109 Å². The molecule has 4 aromatic carbocycles. The quantitative estimate of drug-likeness (QED) is 0.108. The molecule has 0 bridgehead atoms. The first-order valence-corrected chi connectivity index (χ1v) is 14.4. The van der Waals surface area contributed by atoms with Crippen LogP contribution in [0.1, 0.15) is 22.3 Å². The third-order valence-electron chi connectivity index (χ3n) is 6.24. The molecule has 4 aromatic rings. The van der Waals surface area contributed by atoms with Gasteiger partial charge < -0.3 is 14.2 Å². The Morgan fingerprint density at radius 2 is 0.949 bits per heavy atom. The fraction of sp³-hybridized carbons (Fsp3) is 0.250. The maximum atomic E-state index is 12.2. The minimum absolute atomic E-state index is 0.0624. The maximum absolute atomic E-state index is 12.2. The van der Waals surface area contributed by atoms with Crippen LogP contribution in [0.25, 0.3) is 0 Å². The second-order valence-corrected chi connectivity index (χ2v) is 10.6. The Hall–Kier alpha value is -3.33. The highest BCUT2D eigenvalue weighted by molar-refractivity contribution is 7.86. The molecule has 0 saturated heterocycles. The van der Waals surface area contributed by atoms with Crippen molar-refractivity contribution in [3.05, 3.63) is 138 Å². The fourth-order valence-electron chi connectivity index (χ4n) is 4.32. The van der Waals surface area contributed by atoms with E-state index >= 15 is 0 Å². The van der Waals surface area contributed by atoms with Crippen LogP contribution in [0.15, 0.2) is 120 Å². The molecule has 0 aromatic heterocycles. The van der Waals surface area contributed by atoms with E-state index < -0.39 is 15.7 Å². The van der Waals surface area contributed by atoms with E-state index in [0.29, 0.717) is 26.4 Å². The van der Waals surface area contributed by atoms with Crippen molar-refractivity contribution in [1.82, 2.24) is 0 Å². The van der Waals surface area contributed by atoms with Gasteiger partial charge in [-0.2, -0.15) is 8.42 Å². The van der Waals surface area contributed by atoms with Gasteiger partial charge in [0.2, 0.25) is 0 Å². The van der Waals surface area contributed by atoms with Gasteiger partial charge in [0.25, 0.3) is 10.1 Å². The van der Waals surface area contributed by atoms with Crippen molar-refractivity contribution in [2.75, 3.05) is 39.6 Å². The molecular formula is C32H34O6S. The van der Waals surface area contributed by atoms with Crippen molar-refractivity contribution in [2.24, 2.45) is 0 Å². The van der Waals surface area contributed by atoms with Gasteiger partial charge in [0.05, 0.1) is 44.5 Å². The lowest BCUT2D eigenvalue weighted by Crippen LogP contribution is -2.34. The average molecular weight is 547 g/mol. The van der Waals surface area contributed by atoms with Crippen LogP contribution >= 0.6 is 0 Å². The van der Waals surface area contributed by atoms with E-state index in [1.54, 1.807) is 12.1 Å². The van der Waals surface area contributed by atoms with Gasteiger partial charge in [0, 0.05) is 0 Å². The number of rotatable bonds is 15. The van der Waals surface area contributed by atoms with Crippen LogP contribution in [0.3, 0.4) is 0 Å². The van der Waals surface area contributed by atoms with Crippen molar-refractivity contribution in [3.63, 3.8) is 0 Å². The Morgan fingerprint density at radius 1 is 0.538 bits per heavy atom. The highest BCUT2D eigenvalue weighted by Gasteiger charge is 2.37. The van der Waals surface area contributed by atoms with E-state index in [1.165, 1.54) is 12.1 Å². The van der Waals surface area contributed by atoms with Gasteiger partial charge in [0.1, 0.15) is 5.60 Å². The summed E-state index contributed by atoms with van der Waals surface area (Å²) < 4.78 is 47.4. The molecule has 0 aliphatic heterocycles. The number of ether oxygens (including phenoxy) is 3. The van der Waals surface area contributed by atoms with Crippen molar-refractivity contribution in [1.29, 1.82) is 0 Å². The molecular weight excluding hydrogens is 512 g/mol. The molecule has 0 aliphatic rings. The third-order valence-corrected chi connectivity index (χ3v) is 7.56. The molecule has 0 amide bonds. The van der Waals surface area contributed by atoms with E-state index in [-0.39, 0.29) is 18.1 Å². The monoisotopic (exact) mass is 546 g/mol. The Morgan fingerprint density at radius 3 is 1.41 bits per heavy atom. The Kier molecular flexibility index (Phi) is 10.4. The van der Waals surface area contributed by atoms with Crippen LogP contribution in [0.4, 0.5) is 0 Å². The van der Waals surface area contributed by atoms with Crippen LogP contribution in [0.2, 0.25) is 0 Å². The second kappa shape index (κ2) is 14.2. The maximum Gasteiger partial charge on any atom is 0.297 e. The second-order valence-electron chi connectivity index (χ2n) is 8.94. The van der Waals surface area contributed by atoms with Gasteiger partial charge in [-0.3, -0.25) is 4.18 Å². The molecule has 0 saturated carbocycles. The molecule has 204 valence electrons. The highest BCUT2D eigenvalue weighted by Crippen LogP contribution is 2.40. The molecule has 0 radical (unpaired) electrons. The minimum Gasteiger partial charge on any atom is -0.377 e. The Balaban J connectivity index is 1.27. The first-order chi connectivity index (χ1) is 19.0. The summed E-state index contributed by atoms with van der Waals surface area (Å²) in [5.41, 5.74) is 3.29. The molecule has 0 unspecified atom stereocenters. The highest BCUT2D eigenvalue weighted by atomic mass is 32.2. The lowest BCUT2D eigenvalue weighted by Gasteiger charge is -2.36. The van der Waals surface area contributed by atoms with Gasteiger partial charge in [-0.25, -0.2) is 0 Å². The molecule has 0 N–H and O–H groups in total. The Bertz CT molecular complexity index is 1260. The summed E-state index contributed by atoms with van der Waals surface area (Å²) in [5.74, 6) is 0. The van der Waals surface area contributed by atoms with Crippen molar-refractivity contribution < 1.29 is 26.8 Å². The van der Waals surface area contributed by atoms with Crippen LogP contribution in [0, 0.1) is 6.92 Å². The molecule has 0 fully saturated rings. The minimum atomic E-state index is -3.79. The molecule has 6 nitrogen and oxygen atoms in total. The molecule has 0 heterocycles. The van der Waals surface area contributed by atoms with Crippen LogP contribution < -0.4 is 0 Å². The van der Waals surface area contributed by atoms with Crippen molar-refractivity contribution in [3.8, 4) is 0 Å². The summed E-state index contributed by atoms with van der Waals surface area (Å²) in [4.78, 5) is 0.133. The largest absolute Gasteiger partial charge is 0.377 e. The normalized spacial score (nSPS) is 11.9. The van der Waals surface area contributed by atoms with E-state index in [2.05, 4.69) is 36.4 Å². The summed E-state index contributed by atoms with van der Waals surface area (Å²) in [6.45, 7) is 3.37. The molecule has 7 heteroatoms. The SMILES string of the molecule is Cc1ccc(S(=O)(=O)OCCOCCOCCOC(c2ccccc2)(c2ccccc2)c2ccccc2)cc1. The number of hydrogen-bond acceptors (Lipinski definition) is 6. The van der Waals surface area contributed by atoms with Crippen LogP contribution in [0.5, 0.6) is 0 Å². The number of hydrogen-bond donors (Lipinski definition) is 0. The molecule has 39 heavy (non-hydrogen) atoms. The molecule has 4 rings (SSSR count). The fourth-order valence-corrected chi connectivity index (χ4v) is 5.21. The van der Waals surface area contributed by atoms with Crippen LogP contribution in [-0.2, 0) is 34.1 Å². The summed E-state index contributed by atoms with van der Waals surface area (Å²) in [6.07, 6.45) is 0. The van der Waals surface area contributed by atoms with Crippen LogP contribution in [-0.4, -0.2) is 48.1 Å². The van der Waals surface area contributed by atoms with Gasteiger partial charge in [0.15, 0.2) is 0 Å². The van der Waals surface area contributed by atoms with Crippen molar-refractivity contribution in [2.45, 2.75) is 17.4 Å². The zero-order valence-corrected chi connectivity index (χ0v) is 22.9. The van der Waals surface area contributed by atoms with E-state index in [9.17, 15) is 8.42 Å². The van der Waals surface area contributed by atoms with Gasteiger partial charge in [-0.15, -0.1) is 0 Å². The average Bonchev–Trinajstić information content (AvgIpc) is 2.98. The summed E-state index contributed by atoms with van der Waals surface area (Å²) in [6, 6.07) is 37.1. The summed E-state index contributed by atoms with van der Waals surface area (Å²) in [5, 5.41) is 0. The topological polar surface area (TPSA) is 71.1 Å². The molecule has 0 atom stereocenters. The number of aryl methyl sites for hydroxylation is 1. The van der Waals surface area contributed by atoms with Crippen molar-refractivity contribution >= 4 is 10.1 Å². The summed E-state index contributed by atoms with van der Waals surface area (Å²) >= 11 is 0. The third kappa shape index (κ3) is 7.62. The molecule has 0 spiro atoms. The van der Waals surface area contributed by atoms with E-state index in [1.807, 2.05) is 61.5 Å². The predicted molar refractivity (Wildman–Crippen MR) is 151 cm³/mol. The van der Waals surface area contributed by atoms with E-state index in [0.717, 1.165) is 22.3 Å². The molecule has 0 aliphatic carbocycles. The Labute approximate surface area is 231 Å². The predicted octanol–water partition coefficient (Wildman–Crippen LogP) is 5.74.